The van der Waals surface area contributed by atoms with Crippen molar-refractivity contribution in [3.05, 3.63) is 40.5 Å². The Bertz CT molecular complexity index is 1120. The van der Waals surface area contributed by atoms with Gasteiger partial charge >= 0.3 is 0 Å². The zero-order valence-electron chi connectivity index (χ0n) is 15.3. The molecule has 3 heterocycles. The van der Waals surface area contributed by atoms with E-state index in [1.165, 1.54) is 28.6 Å². The average Bonchev–Trinajstić information content (AvgIpc) is 3.25. The number of carbonyl (C=O) groups is 2. The van der Waals surface area contributed by atoms with Crippen molar-refractivity contribution in [1.29, 1.82) is 0 Å². The zero-order valence-corrected chi connectivity index (χ0v) is 17.0. The quantitative estimate of drug-likeness (QED) is 0.528. The van der Waals surface area contributed by atoms with Crippen molar-refractivity contribution < 1.29 is 9.59 Å². The van der Waals surface area contributed by atoms with Gasteiger partial charge in [0.25, 0.3) is 0 Å². The van der Waals surface area contributed by atoms with Crippen molar-refractivity contribution in [2.75, 3.05) is 22.5 Å². The fourth-order valence-electron chi connectivity index (χ4n) is 3.83. The molecule has 1 aliphatic carbocycles. The molecule has 0 fully saturated rings. The second-order valence-corrected chi connectivity index (χ2v) is 9.00. The number of anilines is 2. The van der Waals surface area contributed by atoms with E-state index in [0.717, 1.165) is 39.6 Å². The van der Waals surface area contributed by atoms with Gasteiger partial charge in [-0.3, -0.25) is 9.59 Å². The SMILES string of the molecule is Cc1nc(SCC(=O)N2CC(=O)Nc3ccccc32)c2c3c(sc2n1)CCC3. The van der Waals surface area contributed by atoms with Crippen LogP contribution in [0.5, 0.6) is 0 Å². The van der Waals surface area contributed by atoms with Gasteiger partial charge in [0.2, 0.25) is 11.8 Å². The number of rotatable bonds is 3. The summed E-state index contributed by atoms with van der Waals surface area (Å²) in [6.45, 7) is 1.93. The van der Waals surface area contributed by atoms with Gasteiger partial charge in [-0.25, -0.2) is 9.97 Å². The average molecular weight is 411 g/mol. The number of thioether (sulfide) groups is 1. The minimum absolute atomic E-state index is 0.0441. The first kappa shape index (κ1) is 17.6. The maximum atomic E-state index is 13.0. The monoisotopic (exact) mass is 410 g/mol. The summed E-state index contributed by atoms with van der Waals surface area (Å²) < 4.78 is 0. The van der Waals surface area contributed by atoms with Gasteiger partial charge < -0.3 is 10.2 Å². The van der Waals surface area contributed by atoms with E-state index in [9.17, 15) is 9.59 Å². The summed E-state index contributed by atoms with van der Waals surface area (Å²) >= 11 is 3.20. The van der Waals surface area contributed by atoms with Crippen molar-refractivity contribution >= 4 is 56.5 Å². The fraction of sp³-hybridized carbons (Fsp3) is 0.300. The Balaban J connectivity index is 1.43. The van der Waals surface area contributed by atoms with Crippen molar-refractivity contribution in [3.63, 3.8) is 0 Å². The number of nitrogens with zero attached hydrogens (tertiary/aromatic N) is 3. The number of benzene rings is 1. The summed E-state index contributed by atoms with van der Waals surface area (Å²) in [4.78, 5) is 38.2. The lowest BCUT2D eigenvalue weighted by molar-refractivity contribution is -0.120. The number of fused-ring (bicyclic) bond motifs is 4. The molecule has 2 amide bonds. The molecule has 1 aliphatic heterocycles. The van der Waals surface area contributed by atoms with Gasteiger partial charge in [0.05, 0.1) is 17.1 Å². The van der Waals surface area contributed by atoms with Crippen LogP contribution in [0.3, 0.4) is 0 Å². The normalized spacial score (nSPS) is 15.5. The smallest absolute Gasteiger partial charge is 0.244 e. The maximum absolute atomic E-state index is 13.0. The summed E-state index contributed by atoms with van der Waals surface area (Å²) in [5, 5.41) is 4.82. The number of nitrogens with one attached hydrogen (secondary N) is 1. The second kappa shape index (κ2) is 6.86. The molecule has 28 heavy (non-hydrogen) atoms. The second-order valence-electron chi connectivity index (χ2n) is 6.95. The van der Waals surface area contributed by atoms with E-state index in [2.05, 4.69) is 15.3 Å². The van der Waals surface area contributed by atoms with Crippen molar-refractivity contribution in [3.8, 4) is 0 Å². The number of thiophene rings is 1. The largest absolute Gasteiger partial charge is 0.323 e. The molecule has 0 unspecified atom stereocenters. The Morgan fingerprint density at radius 2 is 2.14 bits per heavy atom. The summed E-state index contributed by atoms with van der Waals surface area (Å²) in [7, 11) is 0. The van der Waals surface area contributed by atoms with Crippen molar-refractivity contribution in [2.24, 2.45) is 0 Å². The number of aryl methyl sites for hydroxylation is 3. The third kappa shape index (κ3) is 2.97. The van der Waals surface area contributed by atoms with Crippen LogP contribution in [-0.4, -0.2) is 34.1 Å². The van der Waals surface area contributed by atoms with Gasteiger partial charge in [0.15, 0.2) is 0 Å². The third-order valence-corrected chi connectivity index (χ3v) is 7.19. The molecule has 0 spiro atoms. The first-order valence-electron chi connectivity index (χ1n) is 9.21. The van der Waals surface area contributed by atoms with Gasteiger partial charge in [-0.15, -0.1) is 11.3 Å². The highest BCUT2D eigenvalue weighted by atomic mass is 32.2. The highest BCUT2D eigenvalue weighted by Crippen LogP contribution is 2.40. The Kier molecular flexibility index (Phi) is 4.32. The van der Waals surface area contributed by atoms with Gasteiger partial charge in [-0.1, -0.05) is 23.9 Å². The highest BCUT2D eigenvalue weighted by molar-refractivity contribution is 8.00. The van der Waals surface area contributed by atoms with Gasteiger partial charge in [-0.05, 0) is 43.9 Å². The summed E-state index contributed by atoms with van der Waals surface area (Å²) in [6.07, 6.45) is 3.34. The van der Waals surface area contributed by atoms with Crippen LogP contribution in [0.1, 0.15) is 22.7 Å². The summed E-state index contributed by atoms with van der Waals surface area (Å²) in [6, 6.07) is 7.39. The summed E-state index contributed by atoms with van der Waals surface area (Å²) in [5.41, 5.74) is 2.78. The van der Waals surface area contributed by atoms with Crippen LogP contribution in [0.25, 0.3) is 10.2 Å². The van der Waals surface area contributed by atoms with Gasteiger partial charge in [0, 0.05) is 10.3 Å². The molecule has 8 heteroatoms. The van der Waals surface area contributed by atoms with Gasteiger partial charge in [0.1, 0.15) is 22.2 Å². The molecule has 2 aromatic heterocycles. The Morgan fingerprint density at radius 1 is 1.29 bits per heavy atom. The molecule has 1 aromatic carbocycles. The number of para-hydroxylation sites is 2. The molecule has 142 valence electrons. The lowest BCUT2D eigenvalue weighted by atomic mass is 10.2. The number of hydrogen-bond donors (Lipinski definition) is 1. The minimum atomic E-state index is -0.173. The molecular formula is C20H18N4O2S2. The molecule has 6 nitrogen and oxygen atoms in total. The van der Waals surface area contributed by atoms with E-state index in [-0.39, 0.29) is 24.1 Å². The van der Waals surface area contributed by atoms with Crippen LogP contribution in [0.4, 0.5) is 11.4 Å². The molecule has 3 aromatic rings. The van der Waals surface area contributed by atoms with Crippen LogP contribution >= 0.6 is 23.1 Å². The third-order valence-electron chi connectivity index (χ3n) is 5.05. The van der Waals surface area contributed by atoms with Crippen LogP contribution in [0.2, 0.25) is 0 Å². The maximum Gasteiger partial charge on any atom is 0.244 e. The Hall–Kier alpha value is -2.45. The topological polar surface area (TPSA) is 75.2 Å². The molecule has 5 rings (SSSR count). The molecule has 1 N–H and O–H groups in total. The van der Waals surface area contributed by atoms with E-state index in [1.54, 1.807) is 16.2 Å². The van der Waals surface area contributed by atoms with Gasteiger partial charge in [-0.2, -0.15) is 0 Å². The van der Waals surface area contributed by atoms with E-state index < -0.39 is 0 Å². The fourth-order valence-corrected chi connectivity index (χ4v) is 6.18. The van der Waals surface area contributed by atoms with E-state index in [4.69, 9.17) is 0 Å². The van der Waals surface area contributed by atoms with Crippen LogP contribution in [0, 0.1) is 6.92 Å². The molecule has 0 saturated heterocycles. The van der Waals surface area contributed by atoms with E-state index >= 15 is 0 Å². The zero-order chi connectivity index (χ0) is 19.3. The number of amides is 2. The Morgan fingerprint density at radius 3 is 3.04 bits per heavy atom. The number of aromatic nitrogens is 2. The molecule has 0 atom stereocenters. The first-order valence-corrected chi connectivity index (χ1v) is 11.0. The highest BCUT2D eigenvalue weighted by Gasteiger charge is 2.27. The Labute approximate surface area is 170 Å². The molecule has 0 saturated carbocycles. The number of hydrogen-bond acceptors (Lipinski definition) is 6. The van der Waals surface area contributed by atoms with E-state index in [0.29, 0.717) is 5.69 Å². The predicted octanol–water partition coefficient (Wildman–Crippen LogP) is 3.57. The van der Waals surface area contributed by atoms with Crippen LogP contribution in [0.15, 0.2) is 29.3 Å². The van der Waals surface area contributed by atoms with Crippen LogP contribution < -0.4 is 10.2 Å². The molecule has 2 aliphatic rings. The lowest BCUT2D eigenvalue weighted by Crippen LogP contribution is -2.43. The lowest BCUT2D eigenvalue weighted by Gasteiger charge is -2.29. The summed E-state index contributed by atoms with van der Waals surface area (Å²) in [5.74, 6) is 0.694. The predicted molar refractivity (Wildman–Crippen MR) is 112 cm³/mol. The standard InChI is InChI=1S/C20H18N4O2S2/c1-11-21-19(18-12-5-4-8-15(12)28-20(18)22-11)27-10-17(26)24-9-16(25)23-13-6-2-3-7-14(13)24/h2-3,6-7H,4-5,8-10H2,1H3,(H,23,25). The molecule has 0 radical (unpaired) electrons. The van der Waals surface area contributed by atoms with Crippen molar-refractivity contribution in [2.45, 2.75) is 31.2 Å². The molecular weight excluding hydrogens is 392 g/mol. The number of carbonyl (C=O) groups excluding carboxylic acids is 2. The minimum Gasteiger partial charge on any atom is -0.323 e. The van der Waals surface area contributed by atoms with E-state index in [1.807, 2.05) is 31.2 Å². The van der Waals surface area contributed by atoms with Crippen LogP contribution in [-0.2, 0) is 22.4 Å². The van der Waals surface area contributed by atoms with Crippen molar-refractivity contribution in [1.82, 2.24) is 9.97 Å². The molecule has 0 bridgehead atoms. The first-order chi connectivity index (χ1) is 13.6.